The maximum Gasteiger partial charge on any atom is 0.0408 e. The molecule has 1 atom stereocenters. The zero-order valence-corrected chi connectivity index (χ0v) is 13.8. The summed E-state index contributed by atoms with van der Waals surface area (Å²) in [5.41, 5.74) is 2.92. The molecule has 1 unspecified atom stereocenters. The van der Waals surface area contributed by atoms with Crippen LogP contribution in [0.25, 0.3) is 0 Å². The number of halogens is 1. The lowest BCUT2D eigenvalue weighted by Gasteiger charge is -2.37. The van der Waals surface area contributed by atoms with Crippen LogP contribution >= 0.6 is 23.4 Å². The minimum atomic E-state index is 0.491. The molecule has 1 nitrogen and oxygen atoms in total. The predicted octanol–water partition coefficient (Wildman–Crippen LogP) is 4.46. The Hall–Kier alpha value is -0.180. The van der Waals surface area contributed by atoms with E-state index < -0.39 is 0 Å². The topological polar surface area (TPSA) is 12.0 Å². The third kappa shape index (κ3) is 3.18. The molecule has 2 aliphatic rings. The fourth-order valence-electron chi connectivity index (χ4n) is 3.71. The van der Waals surface area contributed by atoms with Gasteiger partial charge in [-0.25, -0.2) is 0 Å². The van der Waals surface area contributed by atoms with E-state index in [2.05, 4.69) is 35.5 Å². The first-order valence-electron chi connectivity index (χ1n) is 7.77. The van der Waals surface area contributed by atoms with Gasteiger partial charge in [0.2, 0.25) is 0 Å². The molecule has 1 fully saturated rings. The number of rotatable bonds is 4. The molecule has 3 rings (SSSR count). The number of benzene rings is 1. The van der Waals surface area contributed by atoms with Gasteiger partial charge in [0.25, 0.3) is 0 Å². The molecular formula is C17H24ClNS. The van der Waals surface area contributed by atoms with Crippen molar-refractivity contribution in [2.45, 2.75) is 55.7 Å². The van der Waals surface area contributed by atoms with Gasteiger partial charge in [-0.3, -0.25) is 0 Å². The predicted molar refractivity (Wildman–Crippen MR) is 90.0 cm³/mol. The molecule has 0 spiro atoms. The summed E-state index contributed by atoms with van der Waals surface area (Å²) in [6.07, 6.45) is 11.6. The highest BCUT2D eigenvalue weighted by molar-refractivity contribution is 8.00. The zero-order valence-electron chi connectivity index (χ0n) is 12.3. The van der Waals surface area contributed by atoms with E-state index in [1.807, 2.05) is 6.07 Å². The second-order valence-corrected chi connectivity index (χ2v) is 8.06. The first-order chi connectivity index (χ1) is 9.71. The molecule has 2 aliphatic carbocycles. The Bertz CT molecular complexity index is 468. The number of thioether (sulfide) groups is 1. The molecule has 0 saturated heterocycles. The molecule has 0 amide bonds. The van der Waals surface area contributed by atoms with Gasteiger partial charge in [0.05, 0.1) is 0 Å². The van der Waals surface area contributed by atoms with E-state index in [-0.39, 0.29) is 0 Å². The average molecular weight is 310 g/mol. The van der Waals surface area contributed by atoms with Gasteiger partial charge in [0.1, 0.15) is 0 Å². The van der Waals surface area contributed by atoms with Crippen LogP contribution in [0.2, 0.25) is 5.02 Å². The van der Waals surface area contributed by atoms with Crippen LogP contribution in [0.4, 0.5) is 0 Å². The second kappa shape index (κ2) is 6.29. The van der Waals surface area contributed by atoms with Crippen LogP contribution in [-0.4, -0.2) is 23.6 Å². The number of fused-ring (bicyclic) bond motifs is 1. The smallest absolute Gasteiger partial charge is 0.0408 e. The second-order valence-electron chi connectivity index (χ2n) is 6.35. The Labute approximate surface area is 131 Å². The van der Waals surface area contributed by atoms with Gasteiger partial charge >= 0.3 is 0 Å². The summed E-state index contributed by atoms with van der Waals surface area (Å²) in [5.74, 6) is 0. The van der Waals surface area contributed by atoms with Crippen LogP contribution < -0.4 is 5.32 Å². The zero-order chi connectivity index (χ0) is 14.0. The molecule has 1 aromatic carbocycles. The van der Waals surface area contributed by atoms with Crippen LogP contribution in [0.3, 0.4) is 0 Å². The van der Waals surface area contributed by atoms with E-state index in [1.165, 1.54) is 49.8 Å². The van der Waals surface area contributed by atoms with Crippen molar-refractivity contribution >= 4 is 23.4 Å². The van der Waals surface area contributed by atoms with Crippen molar-refractivity contribution in [2.75, 3.05) is 12.8 Å². The Morgan fingerprint density at radius 2 is 1.95 bits per heavy atom. The first-order valence-corrected chi connectivity index (χ1v) is 9.37. The number of hydrogen-bond donors (Lipinski definition) is 1. The van der Waals surface area contributed by atoms with Crippen molar-refractivity contribution in [3.8, 4) is 0 Å². The van der Waals surface area contributed by atoms with Crippen molar-refractivity contribution in [3.63, 3.8) is 0 Å². The van der Waals surface area contributed by atoms with Gasteiger partial charge in [-0.2, -0.15) is 11.8 Å². The van der Waals surface area contributed by atoms with Crippen molar-refractivity contribution in [2.24, 2.45) is 0 Å². The normalized spacial score (nSPS) is 24.6. The lowest BCUT2D eigenvalue weighted by Crippen LogP contribution is -2.43. The van der Waals surface area contributed by atoms with Gasteiger partial charge in [-0.15, -0.1) is 0 Å². The molecule has 3 heteroatoms. The fourth-order valence-corrected chi connectivity index (χ4v) is 4.83. The van der Waals surface area contributed by atoms with Gasteiger partial charge in [-0.1, -0.05) is 36.9 Å². The Morgan fingerprint density at radius 3 is 2.70 bits per heavy atom. The Kier molecular flexibility index (Phi) is 4.64. The maximum absolute atomic E-state index is 6.09. The lowest BCUT2D eigenvalue weighted by molar-refractivity contribution is 0.363. The van der Waals surface area contributed by atoms with Gasteiger partial charge in [0, 0.05) is 22.4 Å². The number of hydrogen-bond acceptors (Lipinski definition) is 2. The lowest BCUT2D eigenvalue weighted by atomic mass is 9.88. The average Bonchev–Trinajstić information content (AvgIpc) is 2.88. The van der Waals surface area contributed by atoms with E-state index in [0.29, 0.717) is 10.8 Å². The largest absolute Gasteiger partial charge is 0.312 e. The molecule has 20 heavy (non-hydrogen) atoms. The summed E-state index contributed by atoms with van der Waals surface area (Å²) in [5, 5.41) is 4.72. The summed E-state index contributed by atoms with van der Waals surface area (Å²) in [7, 11) is 0. The van der Waals surface area contributed by atoms with Crippen LogP contribution in [0, 0.1) is 0 Å². The molecule has 0 aromatic heterocycles. The SMILES string of the molecule is CSC1(CNC2Cc3ccc(Cl)cc3C2)CCCCC1. The standard InChI is InChI=1S/C17H24ClNS/c1-20-17(7-3-2-4-8-17)12-19-16-10-13-5-6-15(18)9-14(13)11-16/h5-6,9,16,19H,2-4,7-8,10-12H2,1H3. The van der Waals surface area contributed by atoms with Gasteiger partial charge < -0.3 is 5.32 Å². The minimum absolute atomic E-state index is 0.491. The fraction of sp³-hybridized carbons (Fsp3) is 0.647. The molecule has 1 aromatic rings. The van der Waals surface area contributed by atoms with Crippen LogP contribution in [0.1, 0.15) is 43.2 Å². The van der Waals surface area contributed by atoms with E-state index >= 15 is 0 Å². The van der Waals surface area contributed by atoms with Crippen molar-refractivity contribution in [1.82, 2.24) is 5.32 Å². The monoisotopic (exact) mass is 309 g/mol. The Morgan fingerprint density at radius 1 is 1.20 bits per heavy atom. The van der Waals surface area contributed by atoms with Crippen LogP contribution in [0.5, 0.6) is 0 Å². The molecule has 0 bridgehead atoms. The van der Waals surface area contributed by atoms with E-state index in [0.717, 1.165) is 17.9 Å². The summed E-state index contributed by atoms with van der Waals surface area (Å²) in [6, 6.07) is 6.97. The van der Waals surface area contributed by atoms with Gasteiger partial charge in [0.15, 0.2) is 0 Å². The van der Waals surface area contributed by atoms with E-state index in [9.17, 15) is 0 Å². The highest BCUT2D eigenvalue weighted by Crippen LogP contribution is 2.38. The minimum Gasteiger partial charge on any atom is -0.312 e. The van der Waals surface area contributed by atoms with Crippen molar-refractivity contribution in [1.29, 1.82) is 0 Å². The third-order valence-electron chi connectivity index (χ3n) is 5.01. The van der Waals surface area contributed by atoms with Crippen LogP contribution in [-0.2, 0) is 12.8 Å². The van der Waals surface area contributed by atoms with Crippen molar-refractivity contribution < 1.29 is 0 Å². The molecule has 0 heterocycles. The summed E-state index contributed by atoms with van der Waals surface area (Å²) < 4.78 is 0.491. The highest BCUT2D eigenvalue weighted by atomic mass is 35.5. The quantitative estimate of drug-likeness (QED) is 0.881. The first kappa shape index (κ1) is 14.7. The van der Waals surface area contributed by atoms with Crippen LogP contribution in [0.15, 0.2) is 18.2 Å². The Balaban J connectivity index is 1.57. The molecule has 110 valence electrons. The summed E-state index contributed by atoms with van der Waals surface area (Å²) in [6.45, 7) is 1.17. The van der Waals surface area contributed by atoms with Gasteiger partial charge in [-0.05, 0) is 55.2 Å². The molecule has 1 N–H and O–H groups in total. The molecule has 0 radical (unpaired) electrons. The summed E-state index contributed by atoms with van der Waals surface area (Å²) >= 11 is 8.17. The van der Waals surface area contributed by atoms with E-state index in [4.69, 9.17) is 11.6 Å². The molecule has 1 saturated carbocycles. The number of nitrogens with one attached hydrogen (secondary N) is 1. The third-order valence-corrected chi connectivity index (χ3v) is 6.67. The maximum atomic E-state index is 6.09. The molecular weight excluding hydrogens is 286 g/mol. The molecule has 0 aliphatic heterocycles. The summed E-state index contributed by atoms with van der Waals surface area (Å²) in [4.78, 5) is 0. The van der Waals surface area contributed by atoms with Crippen molar-refractivity contribution in [3.05, 3.63) is 34.3 Å². The highest BCUT2D eigenvalue weighted by Gasteiger charge is 2.32. The van der Waals surface area contributed by atoms with E-state index in [1.54, 1.807) is 0 Å².